The Morgan fingerprint density at radius 3 is 2.42 bits per heavy atom. The Bertz CT molecular complexity index is 664. The van der Waals surface area contributed by atoms with Crippen molar-refractivity contribution in [2.75, 3.05) is 11.4 Å². The summed E-state index contributed by atoms with van der Waals surface area (Å²) in [5, 5.41) is 20.3. The van der Waals surface area contributed by atoms with E-state index in [1.54, 1.807) is 10.9 Å². The highest BCUT2D eigenvalue weighted by atomic mass is 32.1. The van der Waals surface area contributed by atoms with Crippen LogP contribution in [0.1, 0.15) is 44.2 Å². The molecule has 0 atom stereocenters. The standard InChI is InChI=1S/C18H25N3O4S/c22-16(20-25)8-14-9-26-17(19-14)21(18(23)24)2-1-15-12-4-10-3-11(6-12)7-13(15)5-10/h9-13,15,25H,1-8H2,(H,20,22)(H,23,24). The van der Waals surface area contributed by atoms with Gasteiger partial charge in [0.05, 0.1) is 12.1 Å². The van der Waals surface area contributed by atoms with Gasteiger partial charge in [-0.1, -0.05) is 0 Å². The van der Waals surface area contributed by atoms with Crippen molar-refractivity contribution in [3.05, 3.63) is 11.1 Å². The lowest BCUT2D eigenvalue weighted by molar-refractivity contribution is -0.128. The first-order chi connectivity index (χ1) is 12.5. The van der Waals surface area contributed by atoms with Crippen LogP contribution in [0.15, 0.2) is 5.38 Å². The minimum Gasteiger partial charge on any atom is -0.465 e. The number of carbonyl (C=O) groups excluding carboxylic acids is 1. The zero-order chi connectivity index (χ0) is 18.3. The zero-order valence-corrected chi connectivity index (χ0v) is 15.5. The third-order valence-corrected chi connectivity index (χ3v) is 7.49. The minimum absolute atomic E-state index is 0.0595. The van der Waals surface area contributed by atoms with Gasteiger partial charge in [0.25, 0.3) is 0 Å². The molecule has 0 saturated heterocycles. The van der Waals surface area contributed by atoms with Crippen LogP contribution in [-0.4, -0.2) is 33.8 Å². The number of carbonyl (C=O) groups is 2. The fraction of sp³-hybridized carbons (Fsp3) is 0.722. The van der Waals surface area contributed by atoms with Crippen molar-refractivity contribution in [2.24, 2.45) is 29.6 Å². The summed E-state index contributed by atoms with van der Waals surface area (Å²) >= 11 is 1.23. The van der Waals surface area contributed by atoms with Crippen molar-refractivity contribution in [1.82, 2.24) is 10.5 Å². The molecule has 0 radical (unpaired) electrons. The van der Waals surface area contributed by atoms with Gasteiger partial charge in [0.15, 0.2) is 5.13 Å². The first kappa shape index (κ1) is 17.7. The van der Waals surface area contributed by atoms with Crippen LogP contribution >= 0.6 is 11.3 Å². The van der Waals surface area contributed by atoms with Gasteiger partial charge in [0.2, 0.25) is 5.91 Å². The molecule has 8 heteroatoms. The summed E-state index contributed by atoms with van der Waals surface area (Å²) in [6.45, 7) is 0.460. The lowest BCUT2D eigenvalue weighted by Crippen LogP contribution is -2.46. The van der Waals surface area contributed by atoms with Crippen LogP contribution in [0.5, 0.6) is 0 Å². The molecule has 1 aromatic rings. The quantitative estimate of drug-likeness (QED) is 0.520. The van der Waals surface area contributed by atoms with E-state index < -0.39 is 12.0 Å². The largest absolute Gasteiger partial charge is 0.465 e. The van der Waals surface area contributed by atoms with E-state index in [2.05, 4.69) is 4.98 Å². The maximum absolute atomic E-state index is 11.7. The SMILES string of the molecule is O=C(Cc1csc(N(CCC2C3CC4CC(C3)CC2C4)C(=O)O)n1)NO. The summed E-state index contributed by atoms with van der Waals surface area (Å²) in [5.74, 6) is 3.48. The van der Waals surface area contributed by atoms with Crippen molar-refractivity contribution in [2.45, 2.75) is 44.9 Å². The van der Waals surface area contributed by atoms with E-state index in [9.17, 15) is 14.7 Å². The molecular formula is C18H25N3O4S. The predicted molar refractivity (Wildman–Crippen MR) is 96.3 cm³/mol. The molecule has 1 aromatic heterocycles. The number of carboxylic acid groups (broad SMARTS) is 1. The van der Waals surface area contributed by atoms with Gasteiger partial charge < -0.3 is 5.11 Å². The fourth-order valence-electron chi connectivity index (χ4n) is 5.77. The molecule has 0 spiro atoms. The van der Waals surface area contributed by atoms with Gasteiger partial charge in [-0.15, -0.1) is 11.3 Å². The number of nitrogens with zero attached hydrogens (tertiary/aromatic N) is 2. The molecule has 4 bridgehead atoms. The Morgan fingerprint density at radius 2 is 1.85 bits per heavy atom. The number of hydrogen-bond acceptors (Lipinski definition) is 5. The normalized spacial score (nSPS) is 31.8. The van der Waals surface area contributed by atoms with E-state index in [-0.39, 0.29) is 6.42 Å². The topological polar surface area (TPSA) is 103 Å². The van der Waals surface area contributed by atoms with Crippen LogP contribution in [-0.2, 0) is 11.2 Å². The smallest absolute Gasteiger partial charge is 0.413 e. The second kappa shape index (κ2) is 7.15. The van der Waals surface area contributed by atoms with Crippen molar-refractivity contribution >= 4 is 28.5 Å². The Hall–Kier alpha value is -1.67. The van der Waals surface area contributed by atoms with Crippen molar-refractivity contribution in [3.63, 3.8) is 0 Å². The Balaban J connectivity index is 1.40. The first-order valence-corrected chi connectivity index (χ1v) is 10.3. The molecule has 1 heterocycles. The molecule has 4 saturated carbocycles. The minimum atomic E-state index is -0.999. The van der Waals surface area contributed by atoms with Crippen LogP contribution in [0, 0.1) is 29.6 Å². The number of amides is 2. The fourth-order valence-corrected chi connectivity index (χ4v) is 6.61. The van der Waals surface area contributed by atoms with Crippen molar-refractivity contribution in [1.29, 1.82) is 0 Å². The Morgan fingerprint density at radius 1 is 1.19 bits per heavy atom. The molecule has 0 aliphatic heterocycles. The van der Waals surface area contributed by atoms with E-state index in [4.69, 9.17) is 5.21 Å². The Labute approximate surface area is 156 Å². The van der Waals surface area contributed by atoms with Crippen molar-refractivity contribution in [3.8, 4) is 0 Å². The second-order valence-electron chi connectivity index (χ2n) is 8.15. The molecule has 142 valence electrons. The number of thiazole rings is 1. The molecule has 2 amide bonds. The van der Waals surface area contributed by atoms with E-state index in [1.165, 1.54) is 48.3 Å². The molecule has 0 aromatic carbocycles. The monoisotopic (exact) mass is 379 g/mol. The molecule has 4 aliphatic rings. The highest BCUT2D eigenvalue weighted by Gasteiger charge is 2.47. The molecular weight excluding hydrogens is 354 g/mol. The van der Waals surface area contributed by atoms with Crippen LogP contribution in [0.25, 0.3) is 0 Å². The first-order valence-electron chi connectivity index (χ1n) is 9.41. The maximum atomic E-state index is 11.7. The summed E-state index contributed by atoms with van der Waals surface area (Å²) in [4.78, 5) is 28.6. The molecule has 5 rings (SSSR count). The third-order valence-electron chi connectivity index (χ3n) is 6.58. The molecule has 0 unspecified atom stereocenters. The van der Waals surface area contributed by atoms with E-state index in [1.807, 2.05) is 0 Å². The number of hydrogen-bond donors (Lipinski definition) is 3. The average molecular weight is 379 g/mol. The van der Waals surface area contributed by atoms with Crippen LogP contribution in [0.2, 0.25) is 0 Å². The van der Waals surface area contributed by atoms with Gasteiger partial charge in [-0.25, -0.2) is 15.3 Å². The van der Waals surface area contributed by atoms with Gasteiger partial charge in [0.1, 0.15) is 0 Å². The van der Waals surface area contributed by atoms with Crippen LogP contribution < -0.4 is 10.4 Å². The molecule has 4 aliphatic carbocycles. The van der Waals surface area contributed by atoms with Gasteiger partial charge in [-0.3, -0.25) is 14.9 Å². The number of nitrogens with one attached hydrogen (secondary N) is 1. The predicted octanol–water partition coefficient (Wildman–Crippen LogP) is 3.14. The maximum Gasteiger partial charge on any atom is 0.413 e. The van der Waals surface area contributed by atoms with E-state index in [0.717, 1.165) is 30.1 Å². The highest BCUT2D eigenvalue weighted by molar-refractivity contribution is 7.14. The van der Waals surface area contributed by atoms with E-state index in [0.29, 0.717) is 23.3 Å². The van der Waals surface area contributed by atoms with E-state index >= 15 is 0 Å². The van der Waals surface area contributed by atoms with Gasteiger partial charge in [0, 0.05) is 11.9 Å². The summed E-state index contributed by atoms with van der Waals surface area (Å²) in [6, 6.07) is 0. The lowest BCUT2D eigenvalue weighted by atomic mass is 9.51. The van der Waals surface area contributed by atoms with Crippen LogP contribution in [0.4, 0.5) is 9.93 Å². The van der Waals surface area contributed by atoms with Gasteiger partial charge >= 0.3 is 6.09 Å². The second-order valence-corrected chi connectivity index (χ2v) is 8.99. The highest BCUT2D eigenvalue weighted by Crippen LogP contribution is 2.57. The molecule has 4 fully saturated rings. The number of aromatic nitrogens is 1. The average Bonchev–Trinajstić information content (AvgIpc) is 3.04. The van der Waals surface area contributed by atoms with Crippen molar-refractivity contribution < 1.29 is 19.9 Å². The number of rotatable bonds is 6. The zero-order valence-electron chi connectivity index (χ0n) is 14.6. The van der Waals surface area contributed by atoms with Crippen LogP contribution in [0.3, 0.4) is 0 Å². The third kappa shape index (κ3) is 3.44. The lowest BCUT2D eigenvalue weighted by Gasteiger charge is -2.54. The molecule has 7 nitrogen and oxygen atoms in total. The summed E-state index contributed by atoms with van der Waals surface area (Å²) in [7, 11) is 0. The summed E-state index contributed by atoms with van der Waals surface area (Å²) < 4.78 is 0. The van der Waals surface area contributed by atoms with Gasteiger partial charge in [-0.05, 0) is 68.1 Å². The summed E-state index contributed by atoms with van der Waals surface area (Å²) in [5.41, 5.74) is 2.04. The van der Waals surface area contributed by atoms with Gasteiger partial charge in [-0.2, -0.15) is 0 Å². The molecule has 3 N–H and O–H groups in total. The number of hydroxylamine groups is 1. The molecule has 26 heavy (non-hydrogen) atoms. The Kier molecular flexibility index (Phi) is 4.88. The number of anilines is 1. The summed E-state index contributed by atoms with van der Waals surface area (Å²) in [6.07, 6.45) is 6.60.